The van der Waals surface area contributed by atoms with Gasteiger partial charge in [-0.25, -0.2) is 14.2 Å². The Morgan fingerprint density at radius 3 is 2.52 bits per heavy atom. The Morgan fingerprint density at radius 2 is 1.84 bits per heavy atom. The molecule has 0 atom stereocenters. The number of aromatic carboxylic acids is 1. The van der Waals surface area contributed by atoms with Crippen molar-refractivity contribution in [3.63, 3.8) is 0 Å². The number of hydrogen-bond donors (Lipinski definition) is 1. The molecule has 6 nitrogen and oxygen atoms in total. The van der Waals surface area contributed by atoms with Crippen LogP contribution >= 0.6 is 0 Å². The van der Waals surface area contributed by atoms with Crippen molar-refractivity contribution in [2.75, 3.05) is 6.61 Å². The number of carboxylic acids is 1. The van der Waals surface area contributed by atoms with Gasteiger partial charge in [0.15, 0.2) is 0 Å². The summed E-state index contributed by atoms with van der Waals surface area (Å²) < 4.78 is 11.9. The minimum Gasteiger partial charge on any atom is -0.488 e. The Labute approximate surface area is 144 Å². The van der Waals surface area contributed by atoms with E-state index in [-0.39, 0.29) is 12.3 Å². The molecule has 0 unspecified atom stereocenters. The lowest BCUT2D eigenvalue weighted by atomic mass is 10.2. The van der Waals surface area contributed by atoms with Gasteiger partial charge < -0.3 is 14.6 Å². The molecule has 0 aliphatic heterocycles. The van der Waals surface area contributed by atoms with Crippen molar-refractivity contribution in [2.24, 2.45) is 0 Å². The molecule has 1 N–H and O–H groups in total. The zero-order valence-electron chi connectivity index (χ0n) is 13.6. The van der Waals surface area contributed by atoms with Crippen LogP contribution in [0.15, 0.2) is 54.6 Å². The molecule has 2 aromatic carbocycles. The summed E-state index contributed by atoms with van der Waals surface area (Å²) in [6.07, 6.45) is -0.727. The van der Waals surface area contributed by atoms with Crippen molar-refractivity contribution < 1.29 is 24.2 Å². The summed E-state index contributed by atoms with van der Waals surface area (Å²) >= 11 is 0. The third-order valence-corrected chi connectivity index (χ3v) is 3.71. The van der Waals surface area contributed by atoms with Crippen molar-refractivity contribution in [2.45, 2.75) is 13.5 Å². The van der Waals surface area contributed by atoms with E-state index in [2.05, 4.69) is 0 Å². The van der Waals surface area contributed by atoms with Gasteiger partial charge in [0, 0.05) is 5.39 Å². The van der Waals surface area contributed by atoms with Crippen molar-refractivity contribution in [3.05, 3.63) is 65.9 Å². The Bertz CT molecular complexity index is 914. The van der Waals surface area contributed by atoms with E-state index in [1.165, 1.54) is 6.07 Å². The molecule has 0 aliphatic rings. The maximum atomic E-state index is 12.2. The van der Waals surface area contributed by atoms with Gasteiger partial charge in [0.2, 0.25) is 0 Å². The minimum atomic E-state index is -1.21. The Hall–Kier alpha value is -3.28. The smallest absolute Gasteiger partial charge is 0.419 e. The van der Waals surface area contributed by atoms with E-state index in [0.717, 1.165) is 10.1 Å². The predicted molar refractivity (Wildman–Crippen MR) is 92.1 cm³/mol. The number of rotatable bonds is 5. The fraction of sp³-hybridized carbons (Fsp3) is 0.158. The number of carbonyl (C=O) groups excluding carboxylic acids is 1. The SMILES string of the molecule is CCOC(=O)n1c(C(=O)O)cc2c(OCc3ccccc3)cccc21. The second-order valence-corrected chi connectivity index (χ2v) is 5.33. The van der Waals surface area contributed by atoms with Crippen LogP contribution in [0.25, 0.3) is 10.9 Å². The molecule has 0 aliphatic carbocycles. The molecule has 3 rings (SSSR count). The van der Waals surface area contributed by atoms with E-state index in [9.17, 15) is 14.7 Å². The van der Waals surface area contributed by atoms with Crippen LogP contribution in [0, 0.1) is 0 Å². The number of hydrogen-bond acceptors (Lipinski definition) is 4. The molecule has 0 amide bonds. The lowest BCUT2D eigenvalue weighted by molar-refractivity contribution is 0.0682. The largest absolute Gasteiger partial charge is 0.488 e. The number of carbonyl (C=O) groups is 2. The molecule has 0 fully saturated rings. The molecule has 1 heterocycles. The monoisotopic (exact) mass is 339 g/mol. The molecule has 0 saturated carbocycles. The van der Waals surface area contributed by atoms with Crippen LogP contribution < -0.4 is 4.74 Å². The first-order valence-corrected chi connectivity index (χ1v) is 7.83. The highest BCUT2D eigenvalue weighted by atomic mass is 16.5. The normalized spacial score (nSPS) is 10.6. The fourth-order valence-corrected chi connectivity index (χ4v) is 2.61. The third kappa shape index (κ3) is 3.33. The Morgan fingerprint density at radius 1 is 1.08 bits per heavy atom. The van der Waals surface area contributed by atoms with Crippen molar-refractivity contribution in [3.8, 4) is 5.75 Å². The van der Waals surface area contributed by atoms with Gasteiger partial charge >= 0.3 is 12.1 Å². The van der Waals surface area contributed by atoms with Gasteiger partial charge in [0.25, 0.3) is 0 Å². The molecule has 128 valence electrons. The number of benzene rings is 2. The first-order valence-electron chi connectivity index (χ1n) is 7.83. The molecule has 0 bridgehead atoms. The highest BCUT2D eigenvalue weighted by Crippen LogP contribution is 2.30. The van der Waals surface area contributed by atoms with Gasteiger partial charge in [0.05, 0.1) is 12.1 Å². The first kappa shape index (κ1) is 16.6. The van der Waals surface area contributed by atoms with E-state index in [1.54, 1.807) is 25.1 Å². The Balaban J connectivity index is 2.02. The van der Waals surface area contributed by atoms with Crippen LogP contribution in [0.1, 0.15) is 23.0 Å². The van der Waals surface area contributed by atoms with E-state index in [0.29, 0.717) is 23.3 Å². The summed E-state index contributed by atoms with van der Waals surface area (Å²) in [4.78, 5) is 23.7. The Kier molecular flexibility index (Phi) is 4.70. The molecular weight excluding hydrogens is 322 g/mol. The standard InChI is InChI=1S/C19H17NO5/c1-2-24-19(23)20-15-9-6-10-17(14(15)11-16(20)18(21)22)25-12-13-7-4-3-5-8-13/h3-11H,2,12H2,1H3,(H,21,22). The van der Waals surface area contributed by atoms with Crippen LogP contribution in [0.2, 0.25) is 0 Å². The maximum Gasteiger partial charge on any atom is 0.419 e. The number of aromatic nitrogens is 1. The quantitative estimate of drug-likeness (QED) is 0.762. The van der Waals surface area contributed by atoms with Gasteiger partial charge in [-0.15, -0.1) is 0 Å². The summed E-state index contributed by atoms with van der Waals surface area (Å²) in [5, 5.41) is 9.96. The topological polar surface area (TPSA) is 77.8 Å². The van der Waals surface area contributed by atoms with Gasteiger partial charge in [-0.05, 0) is 30.7 Å². The summed E-state index contributed by atoms with van der Waals surface area (Å²) in [6, 6.07) is 16.2. The molecule has 1 aromatic heterocycles. The highest BCUT2D eigenvalue weighted by molar-refractivity contribution is 6.02. The minimum absolute atomic E-state index is 0.155. The fourth-order valence-electron chi connectivity index (χ4n) is 2.61. The van der Waals surface area contributed by atoms with Crippen LogP contribution in [0.4, 0.5) is 4.79 Å². The van der Waals surface area contributed by atoms with Gasteiger partial charge in [0.1, 0.15) is 18.1 Å². The molecule has 3 aromatic rings. The zero-order chi connectivity index (χ0) is 17.8. The van der Waals surface area contributed by atoms with Crippen LogP contribution in [0.5, 0.6) is 5.75 Å². The molecular formula is C19H17NO5. The molecule has 0 spiro atoms. The van der Waals surface area contributed by atoms with Crippen molar-refractivity contribution in [1.82, 2.24) is 4.57 Å². The predicted octanol–water partition coefficient (Wildman–Crippen LogP) is 3.92. The summed E-state index contributed by atoms with van der Waals surface area (Å²) in [5.41, 5.74) is 1.26. The van der Waals surface area contributed by atoms with Gasteiger partial charge in [-0.3, -0.25) is 0 Å². The number of nitrogens with zero attached hydrogens (tertiary/aromatic N) is 1. The van der Waals surface area contributed by atoms with Crippen LogP contribution in [-0.4, -0.2) is 28.3 Å². The van der Waals surface area contributed by atoms with E-state index < -0.39 is 12.1 Å². The molecule has 0 saturated heterocycles. The molecule has 6 heteroatoms. The summed E-state index contributed by atoms with van der Waals surface area (Å²) in [5.74, 6) is -0.704. The zero-order valence-corrected chi connectivity index (χ0v) is 13.6. The second kappa shape index (κ2) is 7.09. The first-order chi connectivity index (χ1) is 12.1. The van der Waals surface area contributed by atoms with Crippen molar-refractivity contribution in [1.29, 1.82) is 0 Å². The average molecular weight is 339 g/mol. The lowest BCUT2D eigenvalue weighted by Crippen LogP contribution is -2.18. The van der Waals surface area contributed by atoms with Crippen LogP contribution in [0.3, 0.4) is 0 Å². The number of carboxylic acid groups (broad SMARTS) is 1. The van der Waals surface area contributed by atoms with E-state index in [1.807, 2.05) is 30.3 Å². The second-order valence-electron chi connectivity index (χ2n) is 5.33. The average Bonchev–Trinajstić information content (AvgIpc) is 3.01. The number of ether oxygens (including phenoxy) is 2. The number of fused-ring (bicyclic) bond motifs is 1. The third-order valence-electron chi connectivity index (χ3n) is 3.71. The lowest BCUT2D eigenvalue weighted by Gasteiger charge is -2.09. The molecule has 0 radical (unpaired) electrons. The van der Waals surface area contributed by atoms with E-state index in [4.69, 9.17) is 9.47 Å². The van der Waals surface area contributed by atoms with E-state index >= 15 is 0 Å². The van der Waals surface area contributed by atoms with Gasteiger partial charge in [-0.1, -0.05) is 36.4 Å². The van der Waals surface area contributed by atoms with Crippen molar-refractivity contribution >= 4 is 23.0 Å². The van der Waals surface area contributed by atoms with Gasteiger partial charge in [-0.2, -0.15) is 0 Å². The summed E-state index contributed by atoms with van der Waals surface area (Å²) in [6.45, 7) is 2.16. The summed E-state index contributed by atoms with van der Waals surface area (Å²) in [7, 11) is 0. The highest BCUT2D eigenvalue weighted by Gasteiger charge is 2.22. The molecule has 25 heavy (non-hydrogen) atoms. The maximum absolute atomic E-state index is 12.2. The van der Waals surface area contributed by atoms with Crippen LogP contribution in [-0.2, 0) is 11.3 Å².